The van der Waals surface area contributed by atoms with Crippen molar-refractivity contribution in [3.8, 4) is 11.5 Å². The molecule has 22 heavy (non-hydrogen) atoms. The standard InChI is InChI=1S/C13H21NO6S.Na.H/c1-4-20-14(6-5-7-21(15,16)17)11-8-12(18-2)10-13(9-11)19-3;;/h8-10H,4-7H2,1-3H3,(H,15,16,17);;/q;+1;-1. The summed E-state index contributed by atoms with van der Waals surface area (Å²) in [4.78, 5) is 5.49. The Labute approximate surface area is 155 Å². The number of hydrogen-bond acceptors (Lipinski definition) is 6. The molecule has 0 heterocycles. The van der Waals surface area contributed by atoms with Crippen molar-refractivity contribution in [1.29, 1.82) is 0 Å². The quantitative estimate of drug-likeness (QED) is 0.344. The normalized spacial score (nSPS) is 10.7. The van der Waals surface area contributed by atoms with Crippen LogP contribution in [0.5, 0.6) is 11.5 Å². The zero-order valence-electron chi connectivity index (χ0n) is 14.4. The van der Waals surface area contributed by atoms with Crippen LogP contribution in [-0.4, -0.2) is 46.1 Å². The summed E-state index contributed by atoms with van der Waals surface area (Å²) in [5, 5.41) is 1.55. The SMILES string of the molecule is CCON(CCCS(=O)(=O)O)c1cc(OC)cc(OC)c1.[H-].[Na+]. The molecule has 1 aromatic carbocycles. The summed E-state index contributed by atoms with van der Waals surface area (Å²) in [5.41, 5.74) is 0.684. The Morgan fingerprint density at radius 2 is 1.73 bits per heavy atom. The summed E-state index contributed by atoms with van der Waals surface area (Å²) in [6, 6.07) is 5.24. The van der Waals surface area contributed by atoms with Crippen LogP contribution in [0.4, 0.5) is 5.69 Å². The molecule has 1 N–H and O–H groups in total. The molecule has 0 aromatic heterocycles. The van der Waals surface area contributed by atoms with Crippen LogP contribution < -0.4 is 44.1 Å². The van der Waals surface area contributed by atoms with Gasteiger partial charge in [-0.1, -0.05) is 0 Å². The van der Waals surface area contributed by atoms with E-state index in [9.17, 15) is 8.42 Å². The van der Waals surface area contributed by atoms with Crippen LogP contribution in [0.2, 0.25) is 0 Å². The summed E-state index contributed by atoms with van der Waals surface area (Å²) in [6.07, 6.45) is 0.234. The van der Waals surface area contributed by atoms with E-state index in [0.717, 1.165) is 0 Å². The fourth-order valence-corrected chi connectivity index (χ4v) is 2.24. The second-order valence-corrected chi connectivity index (χ2v) is 5.80. The third-order valence-corrected chi connectivity index (χ3v) is 3.48. The number of methoxy groups -OCH3 is 2. The molecule has 0 amide bonds. The van der Waals surface area contributed by atoms with Crippen LogP contribution in [0.3, 0.4) is 0 Å². The fourth-order valence-electron chi connectivity index (χ4n) is 1.75. The van der Waals surface area contributed by atoms with Gasteiger partial charge in [-0.2, -0.15) is 8.42 Å². The number of nitrogens with zero attached hydrogens (tertiary/aromatic N) is 1. The van der Waals surface area contributed by atoms with Gasteiger partial charge in [0.15, 0.2) is 0 Å². The zero-order chi connectivity index (χ0) is 15.9. The molecule has 1 aromatic rings. The first-order valence-electron chi connectivity index (χ1n) is 6.48. The maximum absolute atomic E-state index is 10.8. The molecular formula is C13H22NNaO6S. The van der Waals surface area contributed by atoms with Gasteiger partial charge in [-0.15, -0.1) is 0 Å². The Balaban J connectivity index is 0. The van der Waals surface area contributed by atoms with E-state index in [-0.39, 0.29) is 43.2 Å². The van der Waals surface area contributed by atoms with Gasteiger partial charge in [0.2, 0.25) is 0 Å². The molecule has 9 heteroatoms. The van der Waals surface area contributed by atoms with Gasteiger partial charge in [-0.05, 0) is 13.3 Å². The van der Waals surface area contributed by atoms with Gasteiger partial charge in [-0.3, -0.25) is 14.5 Å². The van der Waals surface area contributed by atoms with E-state index in [1.54, 1.807) is 37.5 Å². The molecule has 0 aliphatic heterocycles. The molecule has 0 aliphatic carbocycles. The molecule has 0 atom stereocenters. The molecule has 0 unspecified atom stereocenters. The van der Waals surface area contributed by atoms with Crippen LogP contribution in [0.25, 0.3) is 0 Å². The van der Waals surface area contributed by atoms with Crippen molar-refractivity contribution in [1.82, 2.24) is 0 Å². The smallest absolute Gasteiger partial charge is 1.00 e. The Morgan fingerprint density at radius 3 is 2.14 bits per heavy atom. The second-order valence-electron chi connectivity index (χ2n) is 4.23. The predicted octanol–water partition coefficient (Wildman–Crippen LogP) is -1.14. The molecule has 122 valence electrons. The number of hydrogen-bond donors (Lipinski definition) is 1. The monoisotopic (exact) mass is 343 g/mol. The topological polar surface area (TPSA) is 85.3 Å². The number of rotatable bonds is 9. The van der Waals surface area contributed by atoms with Crippen LogP contribution >= 0.6 is 0 Å². The third kappa shape index (κ3) is 7.66. The summed E-state index contributed by atoms with van der Waals surface area (Å²) in [5.74, 6) is 0.880. The maximum Gasteiger partial charge on any atom is 1.00 e. The molecule has 0 saturated carbocycles. The maximum atomic E-state index is 10.8. The van der Waals surface area contributed by atoms with Gasteiger partial charge < -0.3 is 10.9 Å². The molecule has 0 saturated heterocycles. The minimum Gasteiger partial charge on any atom is -1.00 e. The van der Waals surface area contributed by atoms with Crippen molar-refractivity contribution in [3.05, 3.63) is 18.2 Å². The second kappa shape index (κ2) is 10.3. The van der Waals surface area contributed by atoms with Crippen LogP contribution in [0, 0.1) is 0 Å². The van der Waals surface area contributed by atoms with Crippen molar-refractivity contribution in [3.63, 3.8) is 0 Å². The number of hydroxylamine groups is 1. The Kier molecular flexibility index (Phi) is 10.1. The Bertz CT molecular complexity index is 535. The minimum absolute atomic E-state index is 0. The molecule has 0 bridgehead atoms. The third-order valence-electron chi connectivity index (χ3n) is 2.67. The number of benzene rings is 1. The van der Waals surface area contributed by atoms with Gasteiger partial charge in [-0.25, -0.2) is 0 Å². The van der Waals surface area contributed by atoms with Crippen molar-refractivity contribution < 1.29 is 58.3 Å². The van der Waals surface area contributed by atoms with E-state index < -0.39 is 10.1 Å². The van der Waals surface area contributed by atoms with Gasteiger partial charge in [0.05, 0.1) is 32.3 Å². The molecule has 0 aliphatic rings. The van der Waals surface area contributed by atoms with Crippen LogP contribution in [-0.2, 0) is 15.0 Å². The number of anilines is 1. The first kappa shape index (κ1) is 21.5. The average Bonchev–Trinajstić information content (AvgIpc) is 2.44. The van der Waals surface area contributed by atoms with Crippen molar-refractivity contribution in [2.24, 2.45) is 0 Å². The molecule has 1 rings (SSSR count). The summed E-state index contributed by atoms with van der Waals surface area (Å²) < 4.78 is 40.7. The van der Waals surface area contributed by atoms with Gasteiger partial charge in [0.25, 0.3) is 10.1 Å². The summed E-state index contributed by atoms with van der Waals surface area (Å²) >= 11 is 0. The van der Waals surface area contributed by atoms with Crippen LogP contribution in [0.15, 0.2) is 18.2 Å². The zero-order valence-corrected chi connectivity index (χ0v) is 16.2. The first-order valence-corrected chi connectivity index (χ1v) is 8.09. The molecule has 7 nitrogen and oxygen atoms in total. The van der Waals surface area contributed by atoms with Gasteiger partial charge in [0, 0.05) is 24.7 Å². The van der Waals surface area contributed by atoms with Gasteiger partial charge >= 0.3 is 29.6 Å². The van der Waals surface area contributed by atoms with E-state index in [1.807, 2.05) is 6.92 Å². The van der Waals surface area contributed by atoms with Crippen molar-refractivity contribution in [2.75, 3.05) is 38.2 Å². The van der Waals surface area contributed by atoms with E-state index in [0.29, 0.717) is 30.3 Å². The van der Waals surface area contributed by atoms with E-state index >= 15 is 0 Å². The first-order chi connectivity index (χ1) is 9.89. The largest absolute Gasteiger partial charge is 1.00 e. The summed E-state index contributed by atoms with van der Waals surface area (Å²) in [7, 11) is -0.887. The molecule has 0 spiro atoms. The Hall–Kier alpha value is -0.510. The fraction of sp³-hybridized carbons (Fsp3) is 0.538. The van der Waals surface area contributed by atoms with E-state index in [1.165, 1.54) is 0 Å². The van der Waals surface area contributed by atoms with E-state index in [4.69, 9.17) is 18.9 Å². The Morgan fingerprint density at radius 1 is 1.18 bits per heavy atom. The number of ether oxygens (including phenoxy) is 2. The molecule has 0 fully saturated rings. The van der Waals surface area contributed by atoms with Crippen molar-refractivity contribution >= 4 is 15.8 Å². The predicted molar refractivity (Wildman–Crippen MR) is 80.7 cm³/mol. The average molecular weight is 343 g/mol. The molecular weight excluding hydrogens is 321 g/mol. The van der Waals surface area contributed by atoms with Gasteiger partial charge in [0.1, 0.15) is 11.5 Å². The minimum atomic E-state index is -3.97. The summed E-state index contributed by atoms with van der Waals surface area (Å²) in [6.45, 7) is 2.56. The molecule has 0 radical (unpaired) electrons. The van der Waals surface area contributed by atoms with Crippen molar-refractivity contribution in [2.45, 2.75) is 13.3 Å². The van der Waals surface area contributed by atoms with E-state index in [2.05, 4.69) is 0 Å². The van der Waals surface area contributed by atoms with Crippen LogP contribution in [0.1, 0.15) is 14.8 Å².